The van der Waals surface area contributed by atoms with E-state index in [0.717, 1.165) is 56.6 Å². The fraction of sp³-hybridized carbons (Fsp3) is 0.458. The van der Waals surface area contributed by atoms with Gasteiger partial charge in [-0.05, 0) is 62.3 Å². The summed E-state index contributed by atoms with van der Waals surface area (Å²) in [6.07, 6.45) is 3.35. The highest BCUT2D eigenvalue weighted by Crippen LogP contribution is 2.41. The molecule has 0 radical (unpaired) electrons. The number of piperidine rings is 2. The number of aryl methyl sites for hydroxylation is 1. The molecule has 0 unspecified atom stereocenters. The number of pyridine rings is 1. The second-order valence-corrected chi connectivity index (χ2v) is 8.70. The molecule has 2 fully saturated rings. The molecule has 3 heterocycles. The van der Waals surface area contributed by atoms with Gasteiger partial charge < -0.3 is 14.9 Å². The molecule has 2 saturated heterocycles. The van der Waals surface area contributed by atoms with Gasteiger partial charge in [0.1, 0.15) is 0 Å². The van der Waals surface area contributed by atoms with Gasteiger partial charge in [-0.2, -0.15) is 13.2 Å². The lowest BCUT2D eigenvalue weighted by Crippen LogP contribution is -2.51. The Morgan fingerprint density at radius 3 is 2.33 bits per heavy atom. The summed E-state index contributed by atoms with van der Waals surface area (Å²) in [5.74, 6) is -2.56. The van der Waals surface area contributed by atoms with E-state index in [1.807, 2.05) is 49.6 Å². The average Bonchev–Trinajstić information content (AvgIpc) is 2.79. The highest BCUT2D eigenvalue weighted by atomic mass is 19.4. The summed E-state index contributed by atoms with van der Waals surface area (Å²) in [6, 6.07) is 12.1. The molecule has 2 aromatic rings. The minimum atomic E-state index is -5.08. The molecule has 33 heavy (non-hydrogen) atoms. The van der Waals surface area contributed by atoms with Crippen LogP contribution in [0.15, 0.2) is 48.8 Å². The second-order valence-electron chi connectivity index (χ2n) is 8.70. The highest BCUT2D eigenvalue weighted by Gasteiger charge is 2.40. The standard InChI is InChI=1S/C22H27N3O.C2HF3O2/c1-18-5-2-6-19(15-18)21(26)25-12-4-8-22(17-25)9-13-24(14-10-22)20-7-3-11-23-16-20;3-2(4,5)1(6)7/h2-3,5-7,11,15-16H,4,8-10,12-14,17H2,1H3;(H,6,7). The number of benzene rings is 1. The zero-order chi connectivity index (χ0) is 24.1. The first kappa shape index (κ1) is 24.5. The number of likely N-dealkylation sites (tertiary alicyclic amines) is 1. The van der Waals surface area contributed by atoms with Crippen LogP contribution in [-0.2, 0) is 4.79 Å². The molecule has 6 nitrogen and oxygen atoms in total. The Morgan fingerprint density at radius 2 is 1.76 bits per heavy atom. The Morgan fingerprint density at radius 1 is 1.06 bits per heavy atom. The molecule has 1 aromatic carbocycles. The topological polar surface area (TPSA) is 73.7 Å². The van der Waals surface area contributed by atoms with E-state index in [4.69, 9.17) is 9.90 Å². The normalized spacial score (nSPS) is 17.8. The zero-order valence-electron chi connectivity index (χ0n) is 18.5. The summed E-state index contributed by atoms with van der Waals surface area (Å²) < 4.78 is 31.7. The number of hydrogen-bond acceptors (Lipinski definition) is 4. The van der Waals surface area contributed by atoms with Crippen LogP contribution in [0.25, 0.3) is 0 Å². The number of carbonyl (C=O) groups is 2. The van der Waals surface area contributed by atoms with Gasteiger partial charge in [0.25, 0.3) is 5.91 Å². The molecule has 1 amide bonds. The summed E-state index contributed by atoms with van der Waals surface area (Å²) in [5.41, 5.74) is 3.48. The second kappa shape index (κ2) is 10.2. The van der Waals surface area contributed by atoms with Crippen LogP contribution in [0.3, 0.4) is 0 Å². The molecule has 0 atom stereocenters. The number of rotatable bonds is 2. The van der Waals surface area contributed by atoms with Crippen LogP contribution in [0.4, 0.5) is 18.9 Å². The monoisotopic (exact) mass is 463 g/mol. The van der Waals surface area contributed by atoms with E-state index in [1.165, 1.54) is 12.1 Å². The number of nitrogens with zero attached hydrogens (tertiary/aromatic N) is 3. The quantitative estimate of drug-likeness (QED) is 0.708. The summed E-state index contributed by atoms with van der Waals surface area (Å²) in [6.45, 7) is 5.94. The van der Waals surface area contributed by atoms with Crippen molar-refractivity contribution in [2.45, 2.75) is 38.8 Å². The Balaban J connectivity index is 0.000000383. The first-order valence-corrected chi connectivity index (χ1v) is 10.9. The van der Waals surface area contributed by atoms with Crippen molar-refractivity contribution in [3.63, 3.8) is 0 Å². The smallest absolute Gasteiger partial charge is 0.475 e. The van der Waals surface area contributed by atoms with Gasteiger partial charge in [0.05, 0.1) is 11.9 Å². The van der Waals surface area contributed by atoms with Crippen LogP contribution in [0.2, 0.25) is 0 Å². The third-order valence-corrected chi connectivity index (χ3v) is 6.29. The molecule has 0 bridgehead atoms. The fourth-order valence-corrected chi connectivity index (χ4v) is 4.53. The molecule has 1 spiro atoms. The van der Waals surface area contributed by atoms with Crippen LogP contribution in [0, 0.1) is 12.3 Å². The molecule has 1 N–H and O–H groups in total. The summed E-state index contributed by atoms with van der Waals surface area (Å²) in [5, 5.41) is 7.12. The number of anilines is 1. The minimum Gasteiger partial charge on any atom is -0.475 e. The van der Waals surface area contributed by atoms with Crippen molar-refractivity contribution < 1.29 is 27.9 Å². The van der Waals surface area contributed by atoms with Gasteiger partial charge in [-0.3, -0.25) is 9.78 Å². The molecule has 2 aliphatic heterocycles. The highest BCUT2D eigenvalue weighted by molar-refractivity contribution is 5.94. The largest absolute Gasteiger partial charge is 0.490 e. The van der Waals surface area contributed by atoms with Gasteiger partial charge in [-0.1, -0.05) is 17.7 Å². The lowest BCUT2D eigenvalue weighted by Gasteiger charge is -2.48. The number of alkyl halides is 3. The first-order valence-electron chi connectivity index (χ1n) is 10.9. The van der Waals surface area contributed by atoms with Crippen molar-refractivity contribution in [3.8, 4) is 0 Å². The van der Waals surface area contributed by atoms with Crippen molar-refractivity contribution in [1.82, 2.24) is 9.88 Å². The van der Waals surface area contributed by atoms with Gasteiger partial charge in [-0.25, -0.2) is 4.79 Å². The van der Waals surface area contributed by atoms with Crippen molar-refractivity contribution in [3.05, 3.63) is 59.9 Å². The number of hydrogen-bond donors (Lipinski definition) is 1. The Labute approximate surface area is 191 Å². The van der Waals surface area contributed by atoms with Crippen molar-refractivity contribution >= 4 is 17.6 Å². The lowest BCUT2D eigenvalue weighted by molar-refractivity contribution is -0.192. The first-order chi connectivity index (χ1) is 15.6. The molecule has 4 rings (SSSR count). The maximum absolute atomic E-state index is 13.0. The van der Waals surface area contributed by atoms with E-state index in [0.29, 0.717) is 0 Å². The Hall–Kier alpha value is -3.10. The molecule has 1 aromatic heterocycles. The number of aliphatic carboxylic acids is 1. The number of carboxylic acid groups (broad SMARTS) is 1. The van der Waals surface area contributed by atoms with Crippen molar-refractivity contribution in [1.29, 1.82) is 0 Å². The summed E-state index contributed by atoms with van der Waals surface area (Å²) in [7, 11) is 0. The van der Waals surface area contributed by atoms with Crippen LogP contribution in [-0.4, -0.2) is 59.2 Å². The number of amides is 1. The van der Waals surface area contributed by atoms with Crippen molar-refractivity contribution in [2.24, 2.45) is 5.41 Å². The predicted octanol–water partition coefficient (Wildman–Crippen LogP) is 4.55. The maximum atomic E-state index is 13.0. The van der Waals surface area contributed by atoms with E-state index in [1.54, 1.807) is 0 Å². The van der Waals surface area contributed by atoms with Crippen LogP contribution >= 0.6 is 0 Å². The molecule has 0 saturated carbocycles. The Bertz CT molecular complexity index is 958. The molecule has 0 aliphatic carbocycles. The third-order valence-electron chi connectivity index (χ3n) is 6.29. The molecule has 2 aliphatic rings. The average molecular weight is 464 g/mol. The number of halogens is 3. The Kier molecular flexibility index (Phi) is 7.61. The van der Waals surface area contributed by atoms with Gasteiger partial charge >= 0.3 is 12.1 Å². The number of aromatic nitrogens is 1. The van der Waals surface area contributed by atoms with E-state index in [-0.39, 0.29) is 11.3 Å². The maximum Gasteiger partial charge on any atom is 0.490 e. The minimum absolute atomic E-state index is 0.197. The molecular formula is C24H28F3N3O3. The van der Waals surface area contributed by atoms with E-state index >= 15 is 0 Å². The van der Waals surface area contributed by atoms with Gasteiger partial charge in [-0.15, -0.1) is 0 Å². The lowest BCUT2D eigenvalue weighted by atomic mass is 9.72. The zero-order valence-corrected chi connectivity index (χ0v) is 18.5. The molecular weight excluding hydrogens is 435 g/mol. The number of carbonyl (C=O) groups excluding carboxylic acids is 1. The van der Waals surface area contributed by atoms with E-state index in [9.17, 15) is 18.0 Å². The van der Waals surface area contributed by atoms with Crippen molar-refractivity contribution in [2.75, 3.05) is 31.1 Å². The molecule has 9 heteroatoms. The SMILES string of the molecule is Cc1cccc(C(=O)N2CCCC3(CCN(c4cccnc4)CC3)C2)c1.O=C(O)C(F)(F)F. The van der Waals surface area contributed by atoms with Crippen LogP contribution in [0.5, 0.6) is 0 Å². The van der Waals surface area contributed by atoms with E-state index in [2.05, 4.69) is 20.9 Å². The summed E-state index contributed by atoms with van der Waals surface area (Å²) in [4.78, 5) is 30.6. The van der Waals surface area contributed by atoms with Gasteiger partial charge in [0.15, 0.2) is 0 Å². The fourth-order valence-electron chi connectivity index (χ4n) is 4.53. The third kappa shape index (κ3) is 6.46. The number of carboxylic acids is 1. The van der Waals surface area contributed by atoms with E-state index < -0.39 is 12.1 Å². The predicted molar refractivity (Wildman–Crippen MR) is 118 cm³/mol. The molecule has 178 valence electrons. The van der Waals surface area contributed by atoms with Gasteiger partial charge in [0, 0.05) is 37.9 Å². The summed E-state index contributed by atoms with van der Waals surface area (Å²) >= 11 is 0. The van der Waals surface area contributed by atoms with Gasteiger partial charge in [0.2, 0.25) is 0 Å². The van der Waals surface area contributed by atoms with Crippen LogP contribution in [0.1, 0.15) is 41.6 Å². The van der Waals surface area contributed by atoms with Crippen LogP contribution < -0.4 is 4.90 Å².